The van der Waals surface area contributed by atoms with Crippen molar-refractivity contribution in [2.45, 2.75) is 39.5 Å². The van der Waals surface area contributed by atoms with Gasteiger partial charge in [-0.05, 0) is 6.42 Å². The number of hydrogen-bond acceptors (Lipinski definition) is 3. The van der Waals surface area contributed by atoms with Crippen LogP contribution in [-0.4, -0.2) is 29.0 Å². The van der Waals surface area contributed by atoms with Crippen LogP contribution in [0.5, 0.6) is 0 Å². The molecule has 0 spiro atoms. The van der Waals surface area contributed by atoms with Crippen LogP contribution in [0.4, 0.5) is 0 Å². The van der Waals surface area contributed by atoms with E-state index in [1.54, 1.807) is 0 Å². The third-order valence-corrected chi connectivity index (χ3v) is 2.60. The van der Waals surface area contributed by atoms with E-state index in [0.29, 0.717) is 32.2 Å². The van der Waals surface area contributed by atoms with Crippen LogP contribution >= 0.6 is 0 Å². The molecule has 2 amide bonds. The quantitative estimate of drug-likeness (QED) is 0.641. The summed E-state index contributed by atoms with van der Waals surface area (Å²) < 4.78 is 0. The SMILES string of the molecule is CC(C)C(=O)CCCN1C(=O)CCC1=O. The number of amides is 2. The molecule has 1 aliphatic rings. The van der Waals surface area contributed by atoms with E-state index >= 15 is 0 Å². The van der Waals surface area contributed by atoms with Gasteiger partial charge in [-0.25, -0.2) is 0 Å². The molecule has 84 valence electrons. The molecule has 1 rings (SSSR count). The summed E-state index contributed by atoms with van der Waals surface area (Å²) in [5.74, 6) is 0.0260. The van der Waals surface area contributed by atoms with Gasteiger partial charge in [-0.3, -0.25) is 19.3 Å². The molecule has 0 aromatic heterocycles. The van der Waals surface area contributed by atoms with E-state index in [2.05, 4.69) is 0 Å². The van der Waals surface area contributed by atoms with E-state index in [0.717, 1.165) is 0 Å². The first kappa shape index (κ1) is 11.9. The fourth-order valence-electron chi connectivity index (χ4n) is 1.57. The van der Waals surface area contributed by atoms with Crippen LogP contribution in [0.3, 0.4) is 0 Å². The number of carbonyl (C=O) groups excluding carboxylic acids is 3. The van der Waals surface area contributed by atoms with Gasteiger partial charge in [0.25, 0.3) is 0 Å². The van der Waals surface area contributed by atoms with Crippen LogP contribution in [0.25, 0.3) is 0 Å². The van der Waals surface area contributed by atoms with Crippen molar-refractivity contribution in [2.24, 2.45) is 5.92 Å². The van der Waals surface area contributed by atoms with Gasteiger partial charge in [0.15, 0.2) is 0 Å². The van der Waals surface area contributed by atoms with E-state index in [4.69, 9.17) is 0 Å². The van der Waals surface area contributed by atoms with Gasteiger partial charge in [-0.15, -0.1) is 0 Å². The molecule has 4 nitrogen and oxygen atoms in total. The zero-order valence-electron chi connectivity index (χ0n) is 9.28. The summed E-state index contributed by atoms with van der Waals surface area (Å²) in [5.41, 5.74) is 0. The van der Waals surface area contributed by atoms with Crippen LogP contribution in [0, 0.1) is 5.92 Å². The number of Topliss-reactive ketones (excluding diaryl/α,β-unsaturated/α-hetero) is 1. The molecule has 0 radical (unpaired) electrons. The molecule has 0 saturated carbocycles. The number of ketones is 1. The molecular formula is C11H17NO3. The number of likely N-dealkylation sites (tertiary alicyclic amines) is 1. The molecule has 1 fully saturated rings. The average molecular weight is 211 g/mol. The average Bonchev–Trinajstić information content (AvgIpc) is 2.48. The second-order valence-corrected chi connectivity index (χ2v) is 4.16. The predicted octanol–water partition coefficient (Wildman–Crippen LogP) is 1.14. The lowest BCUT2D eigenvalue weighted by atomic mass is 10.0. The molecule has 1 saturated heterocycles. The topological polar surface area (TPSA) is 54.5 Å². The number of hydrogen-bond donors (Lipinski definition) is 0. The third kappa shape index (κ3) is 3.15. The fraction of sp³-hybridized carbons (Fsp3) is 0.727. The molecule has 0 bridgehead atoms. The molecule has 1 heterocycles. The Morgan fingerprint density at radius 2 is 1.80 bits per heavy atom. The first-order valence-electron chi connectivity index (χ1n) is 5.38. The van der Waals surface area contributed by atoms with E-state index < -0.39 is 0 Å². The lowest BCUT2D eigenvalue weighted by Crippen LogP contribution is -2.30. The predicted molar refractivity (Wildman–Crippen MR) is 55.0 cm³/mol. The second-order valence-electron chi connectivity index (χ2n) is 4.16. The number of imide groups is 1. The van der Waals surface area contributed by atoms with Gasteiger partial charge in [0.05, 0.1) is 0 Å². The summed E-state index contributed by atoms with van der Waals surface area (Å²) in [7, 11) is 0. The molecule has 0 aromatic rings. The largest absolute Gasteiger partial charge is 0.299 e. The zero-order valence-corrected chi connectivity index (χ0v) is 9.28. The van der Waals surface area contributed by atoms with Crippen LogP contribution in [-0.2, 0) is 14.4 Å². The highest BCUT2D eigenvalue weighted by atomic mass is 16.2. The van der Waals surface area contributed by atoms with Crippen LogP contribution in [0.15, 0.2) is 0 Å². The lowest BCUT2D eigenvalue weighted by Gasteiger charge is -2.13. The minimum absolute atomic E-state index is 0.0370. The Balaban J connectivity index is 2.28. The Hall–Kier alpha value is -1.19. The van der Waals surface area contributed by atoms with E-state index in [1.165, 1.54) is 4.90 Å². The summed E-state index contributed by atoms with van der Waals surface area (Å²) in [6.07, 6.45) is 1.71. The molecular weight excluding hydrogens is 194 g/mol. The maximum absolute atomic E-state index is 11.3. The molecule has 4 heteroatoms. The monoisotopic (exact) mass is 211 g/mol. The first-order valence-corrected chi connectivity index (χ1v) is 5.38. The Morgan fingerprint density at radius 1 is 1.27 bits per heavy atom. The third-order valence-electron chi connectivity index (χ3n) is 2.60. The summed E-state index contributed by atoms with van der Waals surface area (Å²) in [6.45, 7) is 4.11. The summed E-state index contributed by atoms with van der Waals surface area (Å²) in [5, 5.41) is 0. The van der Waals surface area contributed by atoms with Gasteiger partial charge in [0.2, 0.25) is 11.8 Å². The highest BCUT2D eigenvalue weighted by molar-refractivity contribution is 6.01. The molecule has 0 atom stereocenters. The molecule has 1 aliphatic heterocycles. The van der Waals surface area contributed by atoms with Crippen molar-refractivity contribution in [1.82, 2.24) is 4.90 Å². The van der Waals surface area contributed by atoms with Crippen molar-refractivity contribution in [2.75, 3.05) is 6.54 Å². The van der Waals surface area contributed by atoms with Crippen molar-refractivity contribution < 1.29 is 14.4 Å². The molecule has 0 N–H and O–H groups in total. The van der Waals surface area contributed by atoms with Gasteiger partial charge in [-0.2, -0.15) is 0 Å². The normalized spacial score (nSPS) is 16.6. The van der Waals surface area contributed by atoms with Crippen molar-refractivity contribution in [3.05, 3.63) is 0 Å². The fourth-order valence-corrected chi connectivity index (χ4v) is 1.57. The summed E-state index contributed by atoms with van der Waals surface area (Å²) >= 11 is 0. The van der Waals surface area contributed by atoms with Crippen molar-refractivity contribution >= 4 is 17.6 Å². The molecule has 15 heavy (non-hydrogen) atoms. The summed E-state index contributed by atoms with van der Waals surface area (Å²) in [6, 6.07) is 0. The van der Waals surface area contributed by atoms with Gasteiger partial charge in [0.1, 0.15) is 5.78 Å². The van der Waals surface area contributed by atoms with Gasteiger partial charge in [0, 0.05) is 31.7 Å². The van der Waals surface area contributed by atoms with Gasteiger partial charge >= 0.3 is 0 Å². The zero-order chi connectivity index (χ0) is 11.4. The molecule has 0 aromatic carbocycles. The standard InChI is InChI=1S/C11H17NO3/c1-8(2)9(13)4-3-7-12-10(14)5-6-11(12)15/h8H,3-7H2,1-2H3. The van der Waals surface area contributed by atoms with E-state index in [-0.39, 0.29) is 23.5 Å². The maximum atomic E-state index is 11.3. The Labute approximate surface area is 89.6 Å². The minimum Gasteiger partial charge on any atom is -0.299 e. The second kappa shape index (κ2) is 5.05. The Bertz CT molecular complexity index is 268. The molecule has 0 aliphatic carbocycles. The highest BCUT2D eigenvalue weighted by Gasteiger charge is 2.28. The number of carbonyl (C=O) groups is 3. The smallest absolute Gasteiger partial charge is 0.229 e. The lowest BCUT2D eigenvalue weighted by molar-refractivity contribution is -0.138. The first-order chi connectivity index (χ1) is 7.02. The van der Waals surface area contributed by atoms with Crippen LogP contribution in [0.2, 0.25) is 0 Å². The van der Waals surface area contributed by atoms with E-state index in [9.17, 15) is 14.4 Å². The number of nitrogens with zero attached hydrogens (tertiary/aromatic N) is 1. The van der Waals surface area contributed by atoms with Crippen molar-refractivity contribution in [3.8, 4) is 0 Å². The Morgan fingerprint density at radius 3 is 2.27 bits per heavy atom. The van der Waals surface area contributed by atoms with Gasteiger partial charge < -0.3 is 0 Å². The minimum atomic E-state index is -0.100. The Kier molecular flexibility index (Phi) is 4.00. The van der Waals surface area contributed by atoms with E-state index in [1.807, 2.05) is 13.8 Å². The van der Waals surface area contributed by atoms with Crippen molar-refractivity contribution in [3.63, 3.8) is 0 Å². The van der Waals surface area contributed by atoms with Crippen molar-refractivity contribution in [1.29, 1.82) is 0 Å². The van der Waals surface area contributed by atoms with Crippen LogP contribution < -0.4 is 0 Å². The molecule has 0 unspecified atom stereocenters. The summed E-state index contributed by atoms with van der Waals surface area (Å²) in [4.78, 5) is 35.0. The van der Waals surface area contributed by atoms with Crippen LogP contribution in [0.1, 0.15) is 39.5 Å². The van der Waals surface area contributed by atoms with Gasteiger partial charge in [-0.1, -0.05) is 13.8 Å². The highest BCUT2D eigenvalue weighted by Crippen LogP contribution is 2.13. The number of rotatable bonds is 5. The maximum Gasteiger partial charge on any atom is 0.229 e.